The van der Waals surface area contributed by atoms with Crippen LogP contribution < -0.4 is 5.32 Å². The molecule has 1 aromatic carbocycles. The fourth-order valence-corrected chi connectivity index (χ4v) is 3.88. The average Bonchev–Trinajstić information content (AvgIpc) is 2.93. The van der Waals surface area contributed by atoms with Gasteiger partial charge in [-0.3, -0.25) is 4.79 Å². The third-order valence-electron chi connectivity index (χ3n) is 3.01. The Kier molecular flexibility index (Phi) is 3.39. The molecule has 2 aromatic rings. The van der Waals surface area contributed by atoms with E-state index in [9.17, 15) is 4.79 Å². The molecule has 0 radical (unpaired) electrons. The van der Waals surface area contributed by atoms with Gasteiger partial charge in [-0.2, -0.15) is 0 Å². The lowest BCUT2D eigenvalue weighted by Crippen LogP contribution is -2.30. The van der Waals surface area contributed by atoms with Gasteiger partial charge in [0.2, 0.25) is 0 Å². The van der Waals surface area contributed by atoms with E-state index in [0.717, 1.165) is 17.1 Å². The Hall–Kier alpha value is -1.26. The summed E-state index contributed by atoms with van der Waals surface area (Å²) in [5.41, 5.74) is 1.25. The maximum atomic E-state index is 12.1. The van der Waals surface area contributed by atoms with Crippen LogP contribution in [0.25, 0.3) is 0 Å². The number of thioether (sulfide) groups is 1. The van der Waals surface area contributed by atoms with Gasteiger partial charge in [0.25, 0.3) is 5.91 Å². The largest absolute Gasteiger partial charge is 0.344 e. The van der Waals surface area contributed by atoms with E-state index in [1.54, 1.807) is 0 Å². The Morgan fingerprint density at radius 3 is 2.94 bits per heavy atom. The first-order valence-corrected chi connectivity index (χ1v) is 7.77. The van der Waals surface area contributed by atoms with Gasteiger partial charge in [0.1, 0.15) is 0 Å². The summed E-state index contributed by atoms with van der Waals surface area (Å²) >= 11 is 3.35. The lowest BCUT2D eigenvalue weighted by molar-refractivity contribution is 0.0939. The zero-order chi connectivity index (χ0) is 12.4. The first-order chi connectivity index (χ1) is 8.84. The van der Waals surface area contributed by atoms with E-state index in [-0.39, 0.29) is 11.9 Å². The van der Waals surface area contributed by atoms with Crippen molar-refractivity contribution >= 4 is 29.0 Å². The number of benzene rings is 1. The molecular weight excluding hydrogens is 262 g/mol. The minimum absolute atomic E-state index is 0.0386. The second kappa shape index (κ2) is 5.16. The molecule has 1 atom stereocenters. The molecule has 1 aliphatic heterocycles. The molecule has 0 aliphatic carbocycles. The Bertz CT molecular complexity index is 551. The molecule has 1 aromatic heterocycles. The third-order valence-corrected chi connectivity index (χ3v) is 5.00. The number of rotatable bonds is 2. The van der Waals surface area contributed by atoms with Crippen LogP contribution in [0.15, 0.2) is 46.7 Å². The van der Waals surface area contributed by atoms with Crippen LogP contribution in [0.2, 0.25) is 0 Å². The second-order valence-corrected chi connectivity index (χ2v) is 6.26. The molecule has 2 heterocycles. The van der Waals surface area contributed by atoms with Crippen molar-refractivity contribution < 1.29 is 4.79 Å². The standard InChI is InChI=1S/C14H13NOS2/c16-14(13-6-3-8-17-13)15-11-7-9-18-12-5-2-1-4-10(11)12/h1-6,8,11H,7,9H2,(H,15,16). The molecule has 1 N–H and O–H groups in total. The molecule has 0 bridgehead atoms. The first-order valence-electron chi connectivity index (χ1n) is 5.91. The molecule has 92 valence electrons. The van der Waals surface area contributed by atoms with Crippen molar-refractivity contribution in [3.8, 4) is 0 Å². The van der Waals surface area contributed by atoms with Crippen molar-refractivity contribution in [1.29, 1.82) is 0 Å². The van der Waals surface area contributed by atoms with E-state index in [1.807, 2.05) is 35.3 Å². The van der Waals surface area contributed by atoms with Crippen LogP contribution in [-0.4, -0.2) is 11.7 Å². The predicted octanol–water partition coefficient (Wildman–Crippen LogP) is 3.72. The van der Waals surface area contributed by atoms with Crippen molar-refractivity contribution in [2.75, 3.05) is 5.75 Å². The molecule has 0 fully saturated rings. The second-order valence-electron chi connectivity index (χ2n) is 4.18. The number of carbonyl (C=O) groups is 1. The van der Waals surface area contributed by atoms with Crippen LogP contribution in [0.5, 0.6) is 0 Å². The number of carbonyl (C=O) groups excluding carboxylic acids is 1. The Morgan fingerprint density at radius 1 is 1.22 bits per heavy atom. The van der Waals surface area contributed by atoms with Gasteiger partial charge in [-0.15, -0.1) is 23.1 Å². The summed E-state index contributed by atoms with van der Waals surface area (Å²) in [6, 6.07) is 12.2. The molecule has 0 saturated heterocycles. The minimum Gasteiger partial charge on any atom is -0.344 e. The minimum atomic E-state index is 0.0386. The highest BCUT2D eigenvalue weighted by molar-refractivity contribution is 7.99. The van der Waals surface area contributed by atoms with Gasteiger partial charge in [0.15, 0.2) is 0 Å². The van der Waals surface area contributed by atoms with Gasteiger partial charge >= 0.3 is 0 Å². The van der Waals surface area contributed by atoms with Crippen LogP contribution in [0.4, 0.5) is 0 Å². The van der Waals surface area contributed by atoms with Crippen LogP contribution >= 0.6 is 23.1 Å². The highest BCUT2D eigenvalue weighted by atomic mass is 32.2. The van der Waals surface area contributed by atoms with Gasteiger partial charge in [0.05, 0.1) is 10.9 Å². The zero-order valence-corrected chi connectivity index (χ0v) is 11.4. The quantitative estimate of drug-likeness (QED) is 0.905. The molecule has 0 spiro atoms. The Labute approximate surface area is 114 Å². The molecule has 3 rings (SSSR count). The van der Waals surface area contributed by atoms with Gasteiger partial charge in [-0.25, -0.2) is 0 Å². The summed E-state index contributed by atoms with van der Waals surface area (Å²) in [7, 11) is 0. The summed E-state index contributed by atoms with van der Waals surface area (Å²) in [5, 5.41) is 5.07. The van der Waals surface area contributed by atoms with Gasteiger partial charge in [-0.1, -0.05) is 24.3 Å². The maximum Gasteiger partial charge on any atom is 0.261 e. The van der Waals surface area contributed by atoms with E-state index in [2.05, 4.69) is 23.5 Å². The molecule has 0 saturated carbocycles. The summed E-state index contributed by atoms with van der Waals surface area (Å²) in [6.07, 6.45) is 0.999. The SMILES string of the molecule is O=C(NC1CCSc2ccccc21)c1cccs1. The fraction of sp³-hybridized carbons (Fsp3) is 0.214. The average molecular weight is 275 g/mol. The van der Waals surface area contributed by atoms with Crippen molar-refractivity contribution in [1.82, 2.24) is 5.32 Å². The molecule has 1 unspecified atom stereocenters. The molecule has 1 amide bonds. The predicted molar refractivity (Wildman–Crippen MR) is 76.3 cm³/mol. The summed E-state index contributed by atoms with van der Waals surface area (Å²) in [4.78, 5) is 14.2. The molecule has 1 aliphatic rings. The number of hydrogen-bond acceptors (Lipinski definition) is 3. The normalized spacial score (nSPS) is 18.1. The van der Waals surface area contributed by atoms with Crippen molar-refractivity contribution in [2.24, 2.45) is 0 Å². The zero-order valence-electron chi connectivity index (χ0n) is 9.76. The van der Waals surface area contributed by atoms with Crippen LogP contribution in [-0.2, 0) is 0 Å². The van der Waals surface area contributed by atoms with E-state index in [0.29, 0.717) is 0 Å². The van der Waals surface area contributed by atoms with Crippen molar-refractivity contribution in [3.63, 3.8) is 0 Å². The number of thiophene rings is 1. The molecule has 2 nitrogen and oxygen atoms in total. The van der Waals surface area contributed by atoms with E-state index in [4.69, 9.17) is 0 Å². The summed E-state index contributed by atoms with van der Waals surface area (Å²) in [5.74, 6) is 1.10. The molecule has 18 heavy (non-hydrogen) atoms. The third kappa shape index (κ3) is 2.31. The lowest BCUT2D eigenvalue weighted by Gasteiger charge is -2.25. The highest BCUT2D eigenvalue weighted by Gasteiger charge is 2.22. The van der Waals surface area contributed by atoms with Gasteiger partial charge in [-0.05, 0) is 29.5 Å². The van der Waals surface area contributed by atoms with E-state index < -0.39 is 0 Å². The number of nitrogens with one attached hydrogen (secondary N) is 1. The number of hydrogen-bond donors (Lipinski definition) is 1. The lowest BCUT2D eigenvalue weighted by atomic mass is 10.0. The fourth-order valence-electron chi connectivity index (χ4n) is 2.13. The van der Waals surface area contributed by atoms with Crippen LogP contribution in [0.1, 0.15) is 27.7 Å². The smallest absolute Gasteiger partial charge is 0.261 e. The summed E-state index contributed by atoms with van der Waals surface area (Å²) < 4.78 is 0. The van der Waals surface area contributed by atoms with Crippen LogP contribution in [0.3, 0.4) is 0 Å². The Balaban J connectivity index is 1.80. The van der Waals surface area contributed by atoms with E-state index in [1.165, 1.54) is 21.8 Å². The topological polar surface area (TPSA) is 29.1 Å². The Morgan fingerprint density at radius 2 is 2.11 bits per heavy atom. The molecular formula is C14H13NOS2. The van der Waals surface area contributed by atoms with Crippen molar-refractivity contribution in [3.05, 3.63) is 52.2 Å². The summed E-state index contributed by atoms with van der Waals surface area (Å²) in [6.45, 7) is 0. The van der Waals surface area contributed by atoms with Gasteiger partial charge in [0, 0.05) is 10.6 Å². The monoisotopic (exact) mass is 275 g/mol. The highest BCUT2D eigenvalue weighted by Crippen LogP contribution is 2.35. The van der Waals surface area contributed by atoms with Gasteiger partial charge < -0.3 is 5.32 Å². The first kappa shape index (κ1) is 11.8. The van der Waals surface area contributed by atoms with Crippen LogP contribution in [0, 0.1) is 0 Å². The number of fused-ring (bicyclic) bond motifs is 1. The number of amides is 1. The maximum absolute atomic E-state index is 12.1. The van der Waals surface area contributed by atoms with Crippen molar-refractivity contribution in [2.45, 2.75) is 17.4 Å². The van der Waals surface area contributed by atoms with E-state index >= 15 is 0 Å². The molecule has 4 heteroatoms.